The van der Waals surface area contributed by atoms with E-state index < -0.39 is 0 Å². The largest absolute Gasteiger partial charge is 0.327 e. The second-order valence-electron chi connectivity index (χ2n) is 3.54. The molecule has 0 aliphatic rings. The van der Waals surface area contributed by atoms with Gasteiger partial charge in [-0.2, -0.15) is 0 Å². The number of nitrogens with one attached hydrogen (secondary N) is 1. The van der Waals surface area contributed by atoms with Crippen molar-refractivity contribution in [2.24, 2.45) is 5.73 Å². The van der Waals surface area contributed by atoms with Crippen molar-refractivity contribution in [2.75, 3.05) is 6.54 Å². The minimum atomic E-state index is 0.285. The van der Waals surface area contributed by atoms with Crippen LogP contribution >= 0.6 is 11.3 Å². The maximum absolute atomic E-state index is 5.89. The molecule has 0 radical (unpaired) electrons. The van der Waals surface area contributed by atoms with Crippen LogP contribution in [0.4, 0.5) is 0 Å². The van der Waals surface area contributed by atoms with Crippen LogP contribution in [0.3, 0.4) is 0 Å². The second kappa shape index (κ2) is 6.11. The first kappa shape index (κ1) is 11.6. The van der Waals surface area contributed by atoms with Crippen LogP contribution in [0.2, 0.25) is 0 Å². The summed E-state index contributed by atoms with van der Waals surface area (Å²) in [6.45, 7) is 5.99. The van der Waals surface area contributed by atoms with Gasteiger partial charge in [0, 0.05) is 24.0 Å². The van der Waals surface area contributed by atoms with Gasteiger partial charge >= 0.3 is 0 Å². The molecule has 0 aliphatic heterocycles. The highest BCUT2D eigenvalue weighted by Gasteiger charge is 2.03. The average Bonchev–Trinajstić information content (AvgIpc) is 2.52. The standard InChI is InChI=1S/C10H19N3S/c1-3-4-9(11)5-12-6-10-8(2)13-7-14-10/h7,9,12H,3-6,11H2,1-2H3. The summed E-state index contributed by atoms with van der Waals surface area (Å²) in [6.07, 6.45) is 2.25. The van der Waals surface area contributed by atoms with Crippen molar-refractivity contribution >= 4 is 11.3 Å². The summed E-state index contributed by atoms with van der Waals surface area (Å²) < 4.78 is 0. The van der Waals surface area contributed by atoms with Gasteiger partial charge in [0.1, 0.15) is 0 Å². The summed E-state index contributed by atoms with van der Waals surface area (Å²) in [6, 6.07) is 0.285. The van der Waals surface area contributed by atoms with Crippen LogP contribution in [-0.2, 0) is 6.54 Å². The van der Waals surface area contributed by atoms with Crippen LogP contribution in [0.25, 0.3) is 0 Å². The Kier molecular flexibility index (Phi) is 5.07. The lowest BCUT2D eigenvalue weighted by molar-refractivity contribution is 0.540. The van der Waals surface area contributed by atoms with Gasteiger partial charge in [0.05, 0.1) is 11.2 Å². The molecule has 0 bridgehead atoms. The van der Waals surface area contributed by atoms with Crippen molar-refractivity contribution < 1.29 is 0 Å². The zero-order valence-corrected chi connectivity index (χ0v) is 9.73. The molecule has 1 aromatic rings. The number of nitrogens with zero attached hydrogens (tertiary/aromatic N) is 1. The van der Waals surface area contributed by atoms with Gasteiger partial charge in [-0.1, -0.05) is 13.3 Å². The molecule has 3 nitrogen and oxygen atoms in total. The maximum atomic E-state index is 5.89. The molecule has 1 heterocycles. The van der Waals surface area contributed by atoms with E-state index in [1.807, 2.05) is 12.4 Å². The molecular weight excluding hydrogens is 194 g/mol. The molecule has 0 spiro atoms. The minimum Gasteiger partial charge on any atom is -0.327 e. The summed E-state index contributed by atoms with van der Waals surface area (Å²) in [7, 11) is 0. The molecule has 4 heteroatoms. The number of aromatic nitrogens is 1. The SMILES string of the molecule is CCCC(N)CNCc1scnc1C. The number of aryl methyl sites for hydroxylation is 1. The molecule has 1 unspecified atom stereocenters. The molecule has 0 amide bonds. The average molecular weight is 213 g/mol. The number of nitrogens with two attached hydrogens (primary N) is 1. The lowest BCUT2D eigenvalue weighted by Crippen LogP contribution is -2.33. The highest BCUT2D eigenvalue weighted by molar-refractivity contribution is 7.09. The first-order valence-electron chi connectivity index (χ1n) is 5.09. The fourth-order valence-corrected chi connectivity index (χ4v) is 2.09. The van der Waals surface area contributed by atoms with E-state index in [4.69, 9.17) is 5.73 Å². The molecule has 1 atom stereocenters. The van der Waals surface area contributed by atoms with Crippen molar-refractivity contribution in [3.05, 3.63) is 16.1 Å². The first-order chi connectivity index (χ1) is 6.74. The lowest BCUT2D eigenvalue weighted by Gasteiger charge is -2.10. The van der Waals surface area contributed by atoms with E-state index in [0.29, 0.717) is 0 Å². The van der Waals surface area contributed by atoms with E-state index >= 15 is 0 Å². The van der Waals surface area contributed by atoms with Crippen molar-refractivity contribution in [1.29, 1.82) is 0 Å². The number of rotatable bonds is 6. The van der Waals surface area contributed by atoms with Gasteiger partial charge in [-0.05, 0) is 13.3 Å². The van der Waals surface area contributed by atoms with Gasteiger partial charge in [-0.15, -0.1) is 11.3 Å². The fraction of sp³-hybridized carbons (Fsp3) is 0.700. The highest BCUT2D eigenvalue weighted by Crippen LogP contribution is 2.10. The van der Waals surface area contributed by atoms with Crippen LogP contribution in [0, 0.1) is 6.92 Å². The Balaban J connectivity index is 2.19. The summed E-state index contributed by atoms with van der Waals surface area (Å²) in [4.78, 5) is 5.51. The van der Waals surface area contributed by atoms with Crippen molar-refractivity contribution in [1.82, 2.24) is 10.3 Å². The molecule has 80 valence electrons. The van der Waals surface area contributed by atoms with E-state index in [1.165, 1.54) is 4.88 Å². The van der Waals surface area contributed by atoms with Crippen LogP contribution in [0.5, 0.6) is 0 Å². The first-order valence-corrected chi connectivity index (χ1v) is 5.97. The monoisotopic (exact) mass is 213 g/mol. The lowest BCUT2D eigenvalue weighted by atomic mass is 10.2. The zero-order chi connectivity index (χ0) is 10.4. The smallest absolute Gasteiger partial charge is 0.0798 e. The summed E-state index contributed by atoms with van der Waals surface area (Å²) in [5, 5.41) is 3.36. The van der Waals surface area contributed by atoms with Crippen molar-refractivity contribution in [3.8, 4) is 0 Å². The molecule has 1 rings (SSSR count). The Hall–Kier alpha value is -0.450. The van der Waals surface area contributed by atoms with Gasteiger partial charge < -0.3 is 11.1 Å². The quantitative estimate of drug-likeness (QED) is 0.756. The topological polar surface area (TPSA) is 50.9 Å². The van der Waals surface area contributed by atoms with Crippen molar-refractivity contribution in [2.45, 2.75) is 39.3 Å². The van der Waals surface area contributed by atoms with Gasteiger partial charge in [-0.25, -0.2) is 4.98 Å². The number of hydrogen-bond acceptors (Lipinski definition) is 4. The zero-order valence-electron chi connectivity index (χ0n) is 8.92. The molecule has 0 aliphatic carbocycles. The third-order valence-corrected chi connectivity index (χ3v) is 3.13. The normalized spacial score (nSPS) is 13.1. The second-order valence-corrected chi connectivity index (χ2v) is 4.48. The Morgan fingerprint density at radius 1 is 1.64 bits per heavy atom. The van der Waals surface area contributed by atoms with Crippen LogP contribution < -0.4 is 11.1 Å². The molecule has 0 aromatic carbocycles. The predicted molar refractivity (Wildman–Crippen MR) is 61.4 cm³/mol. The molecule has 0 saturated heterocycles. The Morgan fingerprint density at radius 3 is 3.00 bits per heavy atom. The number of hydrogen-bond donors (Lipinski definition) is 2. The van der Waals surface area contributed by atoms with Gasteiger partial charge in [0.15, 0.2) is 0 Å². The third kappa shape index (κ3) is 3.74. The predicted octanol–water partition coefficient (Wildman–Crippen LogP) is 1.67. The van der Waals surface area contributed by atoms with Gasteiger partial charge in [0.25, 0.3) is 0 Å². The van der Waals surface area contributed by atoms with Crippen LogP contribution in [0.15, 0.2) is 5.51 Å². The molecular formula is C10H19N3S. The Morgan fingerprint density at radius 2 is 2.43 bits per heavy atom. The molecule has 1 aromatic heterocycles. The summed E-state index contributed by atoms with van der Waals surface area (Å²) in [5.74, 6) is 0. The van der Waals surface area contributed by atoms with Gasteiger partial charge in [-0.3, -0.25) is 0 Å². The van der Waals surface area contributed by atoms with E-state index in [1.54, 1.807) is 11.3 Å². The molecule has 14 heavy (non-hydrogen) atoms. The van der Waals surface area contributed by atoms with E-state index in [2.05, 4.69) is 17.2 Å². The maximum Gasteiger partial charge on any atom is 0.0798 e. The van der Waals surface area contributed by atoms with E-state index in [0.717, 1.165) is 31.6 Å². The Labute approximate surface area is 89.7 Å². The summed E-state index contributed by atoms with van der Waals surface area (Å²) in [5.41, 5.74) is 8.91. The summed E-state index contributed by atoms with van der Waals surface area (Å²) >= 11 is 1.70. The molecule has 0 fully saturated rings. The highest BCUT2D eigenvalue weighted by atomic mass is 32.1. The fourth-order valence-electron chi connectivity index (χ4n) is 1.34. The van der Waals surface area contributed by atoms with Gasteiger partial charge in [0.2, 0.25) is 0 Å². The van der Waals surface area contributed by atoms with Crippen LogP contribution in [0.1, 0.15) is 30.3 Å². The van der Waals surface area contributed by atoms with E-state index in [-0.39, 0.29) is 6.04 Å². The van der Waals surface area contributed by atoms with Crippen molar-refractivity contribution in [3.63, 3.8) is 0 Å². The third-order valence-electron chi connectivity index (χ3n) is 2.20. The molecule has 0 saturated carbocycles. The molecule has 3 N–H and O–H groups in total. The van der Waals surface area contributed by atoms with E-state index in [9.17, 15) is 0 Å². The Bertz CT molecular complexity index is 260. The minimum absolute atomic E-state index is 0.285. The van der Waals surface area contributed by atoms with Crippen LogP contribution in [-0.4, -0.2) is 17.6 Å². The number of thiazole rings is 1.